The number of carbonyl (C=O) groups is 2. The molecule has 1 atom stereocenters. The molecule has 0 spiro atoms. The molecule has 0 saturated carbocycles. The van der Waals surface area contributed by atoms with Gasteiger partial charge in [0.05, 0.1) is 25.3 Å². The van der Waals surface area contributed by atoms with Gasteiger partial charge in [-0.1, -0.05) is 17.7 Å². The molecule has 0 fully saturated rings. The number of nitrogens with one attached hydrogen (secondary N) is 2. The summed E-state index contributed by atoms with van der Waals surface area (Å²) in [5.41, 5.74) is 0.498. The van der Waals surface area contributed by atoms with Gasteiger partial charge in [-0.2, -0.15) is 0 Å². The van der Waals surface area contributed by atoms with Crippen LogP contribution >= 0.6 is 22.9 Å². The van der Waals surface area contributed by atoms with E-state index in [0.29, 0.717) is 16.5 Å². The third-order valence-corrected chi connectivity index (χ3v) is 4.31. The Morgan fingerprint density at radius 2 is 2.13 bits per heavy atom. The Balaban J connectivity index is 2.10. The Morgan fingerprint density at radius 1 is 1.35 bits per heavy atom. The van der Waals surface area contributed by atoms with E-state index in [2.05, 4.69) is 10.6 Å². The highest BCUT2D eigenvalue weighted by Crippen LogP contribution is 2.29. The fraction of sp³-hybridized carbons (Fsp3) is 0.250. The second kappa shape index (κ2) is 7.99. The maximum atomic E-state index is 12.3. The number of ether oxygens (including phenoxy) is 1. The molecule has 2 N–H and O–H groups in total. The number of carbonyl (C=O) groups excluding carboxylic acids is 2. The molecule has 0 saturated heterocycles. The Kier molecular flexibility index (Phi) is 6.01. The van der Waals surface area contributed by atoms with E-state index in [1.165, 1.54) is 25.4 Å². The van der Waals surface area contributed by atoms with Gasteiger partial charge >= 0.3 is 0 Å². The fourth-order valence-electron chi connectivity index (χ4n) is 2.12. The van der Waals surface area contributed by atoms with Crippen molar-refractivity contribution in [3.63, 3.8) is 0 Å². The zero-order chi connectivity index (χ0) is 16.8. The van der Waals surface area contributed by atoms with Crippen LogP contribution in [0.5, 0.6) is 5.75 Å². The Bertz CT molecular complexity index is 689. The SMILES string of the molecule is COc1ccc(Cl)cc1NC(=O)C[C@H](NC(C)=O)c1cccs1. The van der Waals surface area contributed by atoms with Crippen molar-refractivity contribution < 1.29 is 14.3 Å². The van der Waals surface area contributed by atoms with Crippen molar-refractivity contribution in [2.75, 3.05) is 12.4 Å². The van der Waals surface area contributed by atoms with Gasteiger partial charge in [-0.15, -0.1) is 11.3 Å². The summed E-state index contributed by atoms with van der Waals surface area (Å²) >= 11 is 7.44. The highest BCUT2D eigenvalue weighted by molar-refractivity contribution is 7.10. The molecule has 7 heteroatoms. The van der Waals surface area contributed by atoms with Gasteiger partial charge < -0.3 is 15.4 Å². The van der Waals surface area contributed by atoms with Crippen molar-refractivity contribution in [1.82, 2.24) is 5.32 Å². The van der Waals surface area contributed by atoms with Crippen molar-refractivity contribution in [3.05, 3.63) is 45.6 Å². The molecule has 1 aromatic heterocycles. The molecule has 0 unspecified atom stereocenters. The summed E-state index contributed by atoms with van der Waals surface area (Å²) < 4.78 is 5.20. The normalized spacial score (nSPS) is 11.6. The highest BCUT2D eigenvalue weighted by atomic mass is 35.5. The number of amides is 2. The molecule has 1 heterocycles. The lowest BCUT2D eigenvalue weighted by Gasteiger charge is -2.17. The minimum Gasteiger partial charge on any atom is -0.495 e. The van der Waals surface area contributed by atoms with Crippen molar-refractivity contribution in [1.29, 1.82) is 0 Å². The maximum Gasteiger partial charge on any atom is 0.226 e. The van der Waals surface area contributed by atoms with Crippen LogP contribution in [0.25, 0.3) is 0 Å². The Hall–Kier alpha value is -2.05. The van der Waals surface area contributed by atoms with Gasteiger partial charge in [0, 0.05) is 16.8 Å². The molecule has 0 radical (unpaired) electrons. The molecular formula is C16H17ClN2O3S. The summed E-state index contributed by atoms with van der Waals surface area (Å²) in [6.07, 6.45) is 0.121. The summed E-state index contributed by atoms with van der Waals surface area (Å²) in [4.78, 5) is 24.6. The smallest absolute Gasteiger partial charge is 0.226 e. The zero-order valence-electron chi connectivity index (χ0n) is 12.8. The number of methoxy groups -OCH3 is 1. The van der Waals surface area contributed by atoms with Crippen LogP contribution in [-0.2, 0) is 9.59 Å². The first-order valence-electron chi connectivity index (χ1n) is 6.93. The third-order valence-electron chi connectivity index (χ3n) is 3.09. The van der Waals surface area contributed by atoms with Crippen molar-refractivity contribution >= 4 is 40.4 Å². The van der Waals surface area contributed by atoms with Gasteiger partial charge in [0.15, 0.2) is 0 Å². The van der Waals surface area contributed by atoms with Crippen LogP contribution in [0, 0.1) is 0 Å². The summed E-state index contributed by atoms with van der Waals surface area (Å²) in [6, 6.07) is 8.39. The first kappa shape index (κ1) is 17.3. The first-order chi connectivity index (χ1) is 11.0. The van der Waals surface area contributed by atoms with Crippen LogP contribution in [0.1, 0.15) is 24.3 Å². The summed E-state index contributed by atoms with van der Waals surface area (Å²) in [7, 11) is 1.52. The number of thiophene rings is 1. The zero-order valence-corrected chi connectivity index (χ0v) is 14.3. The van der Waals surface area contributed by atoms with Gasteiger partial charge in [0.25, 0.3) is 0 Å². The second-order valence-electron chi connectivity index (χ2n) is 4.87. The van der Waals surface area contributed by atoms with Gasteiger partial charge in [0.2, 0.25) is 11.8 Å². The third kappa shape index (κ3) is 4.97. The Morgan fingerprint density at radius 3 is 2.74 bits per heavy atom. The topological polar surface area (TPSA) is 67.4 Å². The quantitative estimate of drug-likeness (QED) is 0.834. The molecular weight excluding hydrogens is 336 g/mol. The van der Waals surface area contributed by atoms with Crippen LogP contribution in [0.15, 0.2) is 35.7 Å². The van der Waals surface area contributed by atoms with E-state index >= 15 is 0 Å². The summed E-state index contributed by atoms with van der Waals surface area (Å²) in [5, 5.41) is 7.97. The van der Waals surface area contributed by atoms with E-state index < -0.39 is 0 Å². The van der Waals surface area contributed by atoms with Crippen LogP contribution in [0.2, 0.25) is 5.02 Å². The van der Waals surface area contributed by atoms with E-state index in [-0.39, 0.29) is 24.3 Å². The van der Waals surface area contributed by atoms with Crippen LogP contribution in [0.4, 0.5) is 5.69 Å². The monoisotopic (exact) mass is 352 g/mol. The number of halogens is 1. The highest BCUT2D eigenvalue weighted by Gasteiger charge is 2.19. The molecule has 0 aliphatic heterocycles. The predicted molar refractivity (Wildman–Crippen MR) is 92.1 cm³/mol. The summed E-state index contributed by atoms with van der Waals surface area (Å²) in [5.74, 6) is 0.101. The average molecular weight is 353 g/mol. The molecule has 2 aromatic rings. The van der Waals surface area contributed by atoms with Gasteiger partial charge in [-0.05, 0) is 29.6 Å². The minimum absolute atomic E-state index is 0.121. The van der Waals surface area contributed by atoms with Crippen molar-refractivity contribution in [3.8, 4) is 5.75 Å². The lowest BCUT2D eigenvalue weighted by atomic mass is 10.1. The summed E-state index contributed by atoms with van der Waals surface area (Å²) in [6.45, 7) is 1.43. The predicted octanol–water partition coefficient (Wildman–Crippen LogP) is 3.62. The largest absolute Gasteiger partial charge is 0.495 e. The number of hydrogen-bond donors (Lipinski definition) is 2. The molecule has 0 bridgehead atoms. The first-order valence-corrected chi connectivity index (χ1v) is 8.19. The number of benzene rings is 1. The van der Waals surface area contributed by atoms with Crippen LogP contribution in [0.3, 0.4) is 0 Å². The molecule has 1 aromatic carbocycles. The Labute approximate surface area is 143 Å². The molecule has 2 amide bonds. The molecule has 0 aliphatic rings. The van der Waals surface area contributed by atoms with E-state index in [0.717, 1.165) is 4.88 Å². The van der Waals surface area contributed by atoms with E-state index in [9.17, 15) is 9.59 Å². The fourth-order valence-corrected chi connectivity index (χ4v) is 3.07. The van der Waals surface area contributed by atoms with Gasteiger partial charge in [0.1, 0.15) is 5.75 Å². The van der Waals surface area contributed by atoms with E-state index in [1.54, 1.807) is 18.2 Å². The number of rotatable bonds is 6. The van der Waals surface area contributed by atoms with Crippen molar-refractivity contribution in [2.45, 2.75) is 19.4 Å². The lowest BCUT2D eigenvalue weighted by Crippen LogP contribution is -2.29. The van der Waals surface area contributed by atoms with Gasteiger partial charge in [-0.25, -0.2) is 0 Å². The van der Waals surface area contributed by atoms with Crippen molar-refractivity contribution in [2.24, 2.45) is 0 Å². The van der Waals surface area contributed by atoms with Crippen LogP contribution in [-0.4, -0.2) is 18.9 Å². The minimum atomic E-state index is -0.363. The maximum absolute atomic E-state index is 12.3. The molecule has 122 valence electrons. The molecule has 0 aliphatic carbocycles. The molecule has 2 rings (SSSR count). The standard InChI is InChI=1S/C16H17ClN2O3S/c1-10(20)18-13(15-4-3-7-23-15)9-16(21)19-12-8-11(17)5-6-14(12)22-2/h3-8,13H,9H2,1-2H3,(H,18,20)(H,19,21)/t13-/m0/s1. The second-order valence-corrected chi connectivity index (χ2v) is 6.28. The number of anilines is 1. The van der Waals surface area contributed by atoms with Crippen LogP contribution < -0.4 is 15.4 Å². The molecule has 5 nitrogen and oxygen atoms in total. The van der Waals surface area contributed by atoms with Gasteiger partial charge in [-0.3, -0.25) is 9.59 Å². The lowest BCUT2D eigenvalue weighted by molar-refractivity contribution is -0.120. The van der Waals surface area contributed by atoms with E-state index in [1.807, 2.05) is 17.5 Å². The average Bonchev–Trinajstić information content (AvgIpc) is 3.00. The molecule has 23 heavy (non-hydrogen) atoms. The number of hydrogen-bond acceptors (Lipinski definition) is 4. The van der Waals surface area contributed by atoms with E-state index in [4.69, 9.17) is 16.3 Å².